The normalized spacial score (nSPS) is 14.2. The van der Waals surface area contributed by atoms with Crippen molar-refractivity contribution in [2.24, 2.45) is 5.41 Å². The van der Waals surface area contributed by atoms with Crippen molar-refractivity contribution in [3.05, 3.63) is 59.7 Å². The molecule has 0 atom stereocenters. The van der Waals surface area contributed by atoms with E-state index in [1.54, 1.807) is 0 Å². The molecule has 0 radical (unpaired) electrons. The van der Waals surface area contributed by atoms with Crippen LogP contribution in [0.15, 0.2) is 48.5 Å². The number of hydrogen-bond donors (Lipinski definition) is 0. The molecule has 2 aromatic carbocycles. The second kappa shape index (κ2) is 7.61. The highest BCUT2D eigenvalue weighted by molar-refractivity contribution is 5.71. The molecule has 1 heterocycles. The van der Waals surface area contributed by atoms with Gasteiger partial charge in [0.05, 0.1) is 0 Å². The standard InChI is InChI=1S/C23H32N2/c1-5-24(6-2)17-23(3,4)18-25-21-13-9-7-11-19(21)15-16-20-12-8-10-14-22(20)25/h7-14H,5-6,15-18H2,1-4H3. The van der Waals surface area contributed by atoms with Gasteiger partial charge in [-0.25, -0.2) is 0 Å². The topological polar surface area (TPSA) is 6.48 Å². The quantitative estimate of drug-likeness (QED) is 0.707. The predicted octanol–water partition coefficient (Wildman–Crippen LogP) is 5.29. The summed E-state index contributed by atoms with van der Waals surface area (Å²) in [6, 6.07) is 17.9. The van der Waals surface area contributed by atoms with Gasteiger partial charge in [-0.3, -0.25) is 0 Å². The molecule has 25 heavy (non-hydrogen) atoms. The zero-order valence-corrected chi connectivity index (χ0v) is 16.3. The van der Waals surface area contributed by atoms with Crippen molar-refractivity contribution in [2.45, 2.75) is 40.5 Å². The van der Waals surface area contributed by atoms with E-state index >= 15 is 0 Å². The minimum absolute atomic E-state index is 0.219. The maximum Gasteiger partial charge on any atom is 0.0443 e. The van der Waals surface area contributed by atoms with Gasteiger partial charge in [-0.2, -0.15) is 0 Å². The second-order valence-electron chi connectivity index (χ2n) is 7.97. The van der Waals surface area contributed by atoms with E-state index in [0.29, 0.717) is 0 Å². The lowest BCUT2D eigenvalue weighted by atomic mass is 9.91. The van der Waals surface area contributed by atoms with Crippen molar-refractivity contribution in [2.75, 3.05) is 31.1 Å². The lowest BCUT2D eigenvalue weighted by Crippen LogP contribution is -2.41. The van der Waals surface area contributed by atoms with Crippen LogP contribution in [0.4, 0.5) is 11.4 Å². The lowest BCUT2D eigenvalue weighted by Gasteiger charge is -2.38. The zero-order chi connectivity index (χ0) is 17.9. The first-order valence-electron chi connectivity index (χ1n) is 9.70. The van der Waals surface area contributed by atoms with Crippen molar-refractivity contribution >= 4 is 11.4 Å². The van der Waals surface area contributed by atoms with Crippen molar-refractivity contribution in [3.63, 3.8) is 0 Å². The van der Waals surface area contributed by atoms with Crippen LogP contribution < -0.4 is 4.90 Å². The first-order chi connectivity index (χ1) is 12.0. The summed E-state index contributed by atoms with van der Waals surface area (Å²) in [4.78, 5) is 5.11. The fourth-order valence-electron chi connectivity index (χ4n) is 4.07. The summed E-state index contributed by atoms with van der Waals surface area (Å²) in [7, 11) is 0. The average Bonchev–Trinajstić information content (AvgIpc) is 2.77. The molecule has 0 unspecified atom stereocenters. The molecule has 0 N–H and O–H groups in total. The average molecular weight is 337 g/mol. The Morgan fingerprint density at radius 3 is 1.80 bits per heavy atom. The van der Waals surface area contributed by atoms with Crippen LogP contribution in [0.5, 0.6) is 0 Å². The van der Waals surface area contributed by atoms with Gasteiger partial charge in [0.25, 0.3) is 0 Å². The third-order valence-corrected chi connectivity index (χ3v) is 5.36. The third-order valence-electron chi connectivity index (χ3n) is 5.36. The highest BCUT2D eigenvalue weighted by atomic mass is 15.2. The van der Waals surface area contributed by atoms with Gasteiger partial charge in [-0.1, -0.05) is 64.1 Å². The Bertz CT molecular complexity index is 653. The van der Waals surface area contributed by atoms with Crippen LogP contribution in [-0.2, 0) is 12.8 Å². The largest absolute Gasteiger partial charge is 0.340 e. The van der Waals surface area contributed by atoms with Gasteiger partial charge in [0.2, 0.25) is 0 Å². The molecule has 0 saturated carbocycles. The molecule has 2 aromatic rings. The highest BCUT2D eigenvalue weighted by Gasteiger charge is 2.28. The van der Waals surface area contributed by atoms with Crippen LogP contribution in [0.2, 0.25) is 0 Å². The number of rotatable bonds is 6. The monoisotopic (exact) mass is 336 g/mol. The van der Waals surface area contributed by atoms with Gasteiger partial charge in [0, 0.05) is 24.5 Å². The van der Waals surface area contributed by atoms with Crippen LogP contribution >= 0.6 is 0 Å². The summed E-state index contributed by atoms with van der Waals surface area (Å²) in [6.07, 6.45) is 2.25. The van der Waals surface area contributed by atoms with Crippen molar-refractivity contribution in [1.29, 1.82) is 0 Å². The van der Waals surface area contributed by atoms with Crippen molar-refractivity contribution in [3.8, 4) is 0 Å². The number of fused-ring (bicyclic) bond motifs is 2. The SMILES string of the molecule is CCN(CC)CC(C)(C)CN1c2ccccc2CCc2ccccc21. The van der Waals surface area contributed by atoms with E-state index < -0.39 is 0 Å². The van der Waals surface area contributed by atoms with E-state index in [-0.39, 0.29) is 5.41 Å². The Labute approximate surface area is 153 Å². The van der Waals surface area contributed by atoms with E-state index in [1.165, 1.54) is 22.5 Å². The molecule has 2 nitrogen and oxygen atoms in total. The summed E-state index contributed by atoms with van der Waals surface area (Å²) < 4.78 is 0. The molecule has 0 saturated heterocycles. The maximum absolute atomic E-state index is 2.57. The van der Waals surface area contributed by atoms with Gasteiger partial charge in [-0.15, -0.1) is 0 Å². The van der Waals surface area contributed by atoms with E-state index in [9.17, 15) is 0 Å². The molecule has 0 bridgehead atoms. The molecule has 0 aliphatic carbocycles. The van der Waals surface area contributed by atoms with Crippen LogP contribution in [0.3, 0.4) is 0 Å². The van der Waals surface area contributed by atoms with Gasteiger partial charge in [0.1, 0.15) is 0 Å². The zero-order valence-electron chi connectivity index (χ0n) is 16.3. The Balaban J connectivity index is 1.96. The summed E-state index contributed by atoms with van der Waals surface area (Å²) >= 11 is 0. The van der Waals surface area contributed by atoms with E-state index in [1.807, 2.05) is 0 Å². The Hall–Kier alpha value is -1.80. The first-order valence-corrected chi connectivity index (χ1v) is 9.70. The first kappa shape index (κ1) is 18.0. The molecule has 0 amide bonds. The molecule has 134 valence electrons. The Kier molecular flexibility index (Phi) is 5.48. The highest BCUT2D eigenvalue weighted by Crippen LogP contribution is 2.38. The van der Waals surface area contributed by atoms with Crippen LogP contribution in [0.25, 0.3) is 0 Å². The summed E-state index contributed by atoms with van der Waals surface area (Å²) in [6.45, 7) is 13.7. The van der Waals surface area contributed by atoms with Crippen LogP contribution in [0, 0.1) is 5.41 Å². The fourth-order valence-corrected chi connectivity index (χ4v) is 4.07. The molecule has 1 aliphatic heterocycles. The van der Waals surface area contributed by atoms with Gasteiger partial charge in [0.15, 0.2) is 0 Å². The molecule has 2 heteroatoms. The molecule has 0 fully saturated rings. The summed E-state index contributed by atoms with van der Waals surface area (Å²) in [5, 5.41) is 0. The minimum atomic E-state index is 0.219. The Morgan fingerprint density at radius 2 is 1.32 bits per heavy atom. The number of hydrogen-bond acceptors (Lipinski definition) is 2. The van der Waals surface area contributed by atoms with E-state index in [0.717, 1.165) is 39.0 Å². The Morgan fingerprint density at radius 1 is 0.840 bits per heavy atom. The third kappa shape index (κ3) is 4.07. The van der Waals surface area contributed by atoms with Gasteiger partial charge in [-0.05, 0) is 54.6 Å². The van der Waals surface area contributed by atoms with Crippen LogP contribution in [0.1, 0.15) is 38.8 Å². The van der Waals surface area contributed by atoms with Gasteiger partial charge < -0.3 is 9.80 Å². The number of anilines is 2. The molecule has 3 rings (SSSR count). The van der Waals surface area contributed by atoms with E-state index in [2.05, 4.69) is 86.0 Å². The minimum Gasteiger partial charge on any atom is -0.340 e. The number of aryl methyl sites for hydroxylation is 2. The number of benzene rings is 2. The second-order valence-corrected chi connectivity index (χ2v) is 7.97. The molecule has 0 aromatic heterocycles. The smallest absolute Gasteiger partial charge is 0.0443 e. The molecule has 0 spiro atoms. The predicted molar refractivity (Wildman–Crippen MR) is 109 cm³/mol. The van der Waals surface area contributed by atoms with Gasteiger partial charge >= 0.3 is 0 Å². The number of para-hydroxylation sites is 2. The van der Waals surface area contributed by atoms with Crippen molar-refractivity contribution < 1.29 is 0 Å². The van der Waals surface area contributed by atoms with Crippen molar-refractivity contribution in [1.82, 2.24) is 4.90 Å². The molecule has 1 aliphatic rings. The molecular formula is C23H32N2. The lowest BCUT2D eigenvalue weighted by molar-refractivity contribution is 0.198. The number of nitrogens with zero attached hydrogens (tertiary/aromatic N) is 2. The maximum atomic E-state index is 2.57. The summed E-state index contributed by atoms with van der Waals surface area (Å²) in [5.41, 5.74) is 5.94. The van der Waals surface area contributed by atoms with E-state index in [4.69, 9.17) is 0 Å². The summed E-state index contributed by atoms with van der Waals surface area (Å²) in [5.74, 6) is 0. The van der Waals surface area contributed by atoms with Crippen LogP contribution in [-0.4, -0.2) is 31.1 Å². The molecular weight excluding hydrogens is 304 g/mol. The fraction of sp³-hybridized carbons (Fsp3) is 0.478.